The standard InChI is InChI=1S/C83H132O17P2/c1-5-9-13-17-21-25-29-33-36-37-38-39-42-45-48-52-56-60-64-68-81(86)94-73-78(99-82(87)69-65-61-57-53-49-43-32-28-24-20-16-12-8-4)75-97-101(89,90)95-71-77(84)72-96-102(91,92)98-76-79(100-83(88)70-66-62-58-54-50-46-41-35-31-27-23-19-15-11-7-3)74-93-80(85)67-63-59-55-51-47-44-40-34-30-26-22-18-14-10-6-2/h9-11,13-15,21-23,25-28,32-36,38-41,47,50-51,54,59,62-63,66,77-79,84H,5-8,12,16-20,24,29-31,37,42-46,48-49,52-53,55-58,60-61,64-65,67-76H2,1-4H3,(H,89,90)(H,91,92)/b13-9-,14-10-,15-11-,25-21-,26-22-,27-23-,32-28-,36-33-,39-38-,40-34-,41-35-,51-47-,54-50-,63-59-,66-62-. The molecular formula is C83H132O17P2. The molecule has 0 rings (SSSR count). The molecular weight excluding hydrogens is 1330 g/mol. The van der Waals surface area contributed by atoms with Gasteiger partial charge in [0.15, 0.2) is 12.2 Å². The minimum absolute atomic E-state index is 0.0704. The molecule has 0 aromatic rings. The Bertz CT molecular complexity index is 2650. The molecule has 0 aromatic carbocycles. The summed E-state index contributed by atoms with van der Waals surface area (Å²) >= 11 is 0. The summed E-state index contributed by atoms with van der Waals surface area (Å²) in [6.07, 6.45) is 88.1. The number of allylic oxidation sites excluding steroid dienone is 28. The molecule has 3 N–H and O–H groups in total. The van der Waals surface area contributed by atoms with Crippen molar-refractivity contribution in [3.05, 3.63) is 182 Å². The molecule has 19 heteroatoms. The van der Waals surface area contributed by atoms with Crippen LogP contribution in [0.5, 0.6) is 0 Å². The summed E-state index contributed by atoms with van der Waals surface area (Å²) in [5.41, 5.74) is 0. The van der Waals surface area contributed by atoms with Crippen LogP contribution in [0.4, 0.5) is 0 Å². The van der Waals surface area contributed by atoms with E-state index in [2.05, 4.69) is 161 Å². The highest BCUT2D eigenvalue weighted by atomic mass is 31.2. The monoisotopic (exact) mass is 1460 g/mol. The molecule has 0 saturated carbocycles. The van der Waals surface area contributed by atoms with Crippen molar-refractivity contribution >= 4 is 39.5 Å². The van der Waals surface area contributed by atoms with Gasteiger partial charge in [-0.2, -0.15) is 0 Å². The highest BCUT2D eigenvalue weighted by Crippen LogP contribution is 2.45. The van der Waals surface area contributed by atoms with Crippen LogP contribution in [0.15, 0.2) is 182 Å². The number of ether oxygens (including phenoxy) is 4. The van der Waals surface area contributed by atoms with Gasteiger partial charge in [0.2, 0.25) is 0 Å². The lowest BCUT2D eigenvalue weighted by Crippen LogP contribution is -2.30. The van der Waals surface area contributed by atoms with Crippen LogP contribution in [0.3, 0.4) is 0 Å². The second-order valence-corrected chi connectivity index (χ2v) is 27.4. The predicted molar refractivity (Wildman–Crippen MR) is 417 cm³/mol. The lowest BCUT2D eigenvalue weighted by Gasteiger charge is -2.21. The number of carbonyl (C=O) groups excluding carboxylic acids is 4. The molecule has 0 fully saturated rings. The van der Waals surface area contributed by atoms with E-state index in [-0.39, 0.29) is 25.7 Å². The first-order valence-corrected chi connectivity index (χ1v) is 41.0. The van der Waals surface area contributed by atoms with Crippen molar-refractivity contribution in [2.24, 2.45) is 0 Å². The van der Waals surface area contributed by atoms with Crippen LogP contribution >= 0.6 is 15.6 Å². The SMILES string of the molecule is CC/C=C\C/C=C\C/C=C\C/C=C\C/C=C\CC(=O)OCC(COP(=O)(O)OCC(O)COP(=O)(O)OCC(COC(=O)CCCCCCCC/C=C\C/C=C\C/C=C\C/C=C\CC)OC(=O)CCCCCCC/C=C\CCCCCC)OC(=O)C/C=C\C/C=C\C/C=C\C/C=C\C/C=C\CC. The third-order valence-corrected chi connectivity index (χ3v) is 16.8. The Morgan fingerprint density at radius 3 is 0.922 bits per heavy atom. The molecule has 0 radical (unpaired) electrons. The van der Waals surface area contributed by atoms with E-state index < -0.39 is 97.5 Å². The number of carbonyl (C=O) groups is 4. The first-order chi connectivity index (χ1) is 49.7. The molecule has 0 aliphatic rings. The van der Waals surface area contributed by atoms with Gasteiger partial charge in [0.25, 0.3) is 0 Å². The number of hydrogen-bond acceptors (Lipinski definition) is 15. The average molecular weight is 1460 g/mol. The smallest absolute Gasteiger partial charge is 0.462 e. The first kappa shape index (κ1) is 96.2. The van der Waals surface area contributed by atoms with Crippen LogP contribution in [-0.4, -0.2) is 96.7 Å². The summed E-state index contributed by atoms with van der Waals surface area (Å²) in [7, 11) is -10.0. The largest absolute Gasteiger partial charge is 0.472 e. The van der Waals surface area contributed by atoms with E-state index in [1.807, 2.05) is 30.4 Å². The highest BCUT2D eigenvalue weighted by Gasteiger charge is 2.30. The molecule has 0 aliphatic carbocycles. The maximum atomic E-state index is 13.1. The summed E-state index contributed by atoms with van der Waals surface area (Å²) in [6, 6.07) is 0. The predicted octanol–water partition coefficient (Wildman–Crippen LogP) is 22.0. The van der Waals surface area contributed by atoms with Crippen LogP contribution in [0, 0.1) is 0 Å². The zero-order chi connectivity index (χ0) is 74.6. The molecule has 0 spiro atoms. The second-order valence-electron chi connectivity index (χ2n) is 24.5. The summed E-state index contributed by atoms with van der Waals surface area (Å²) in [6.45, 7) is 4.22. The van der Waals surface area contributed by atoms with Gasteiger partial charge in [0.1, 0.15) is 19.3 Å². The third-order valence-electron chi connectivity index (χ3n) is 14.9. The van der Waals surface area contributed by atoms with E-state index in [0.29, 0.717) is 25.7 Å². The van der Waals surface area contributed by atoms with Crippen molar-refractivity contribution < 1.29 is 80.2 Å². The lowest BCUT2D eigenvalue weighted by molar-refractivity contribution is -0.161. The van der Waals surface area contributed by atoms with Gasteiger partial charge in [-0.25, -0.2) is 9.13 Å². The van der Waals surface area contributed by atoms with Gasteiger partial charge in [0, 0.05) is 12.8 Å². The number of aliphatic hydroxyl groups excluding tert-OH is 1. The second kappa shape index (κ2) is 73.5. The summed E-state index contributed by atoms with van der Waals surface area (Å²) in [5, 5.41) is 10.6. The maximum Gasteiger partial charge on any atom is 0.472 e. The maximum absolute atomic E-state index is 13.1. The zero-order valence-corrected chi connectivity index (χ0v) is 64.5. The van der Waals surface area contributed by atoms with E-state index in [1.54, 1.807) is 18.2 Å². The topological polar surface area (TPSA) is 237 Å². The summed E-state index contributed by atoms with van der Waals surface area (Å²) in [5.74, 6) is -2.52. The zero-order valence-electron chi connectivity index (χ0n) is 62.7. The molecule has 0 aliphatic heterocycles. The quantitative estimate of drug-likeness (QED) is 0.0169. The number of phosphoric ester groups is 2. The number of unbranched alkanes of at least 4 members (excludes halogenated alkanes) is 15. The fourth-order valence-corrected chi connectivity index (χ4v) is 10.8. The summed E-state index contributed by atoms with van der Waals surface area (Å²) in [4.78, 5) is 72.7. The molecule has 17 nitrogen and oxygen atoms in total. The Kier molecular flexibility index (Phi) is 69.3. The number of rotatable bonds is 69. The molecule has 5 atom stereocenters. The van der Waals surface area contributed by atoms with Crippen molar-refractivity contribution in [1.29, 1.82) is 0 Å². The third kappa shape index (κ3) is 72.5. The molecule has 102 heavy (non-hydrogen) atoms. The van der Waals surface area contributed by atoms with E-state index in [1.165, 1.54) is 25.7 Å². The Labute approximate surface area is 615 Å². The number of aliphatic hydroxyl groups is 1. The van der Waals surface area contributed by atoms with Crippen molar-refractivity contribution in [2.75, 3.05) is 39.6 Å². The molecule has 0 aromatic heterocycles. The first-order valence-electron chi connectivity index (χ1n) is 38.0. The number of esters is 4. The fraction of sp³-hybridized carbons (Fsp3) is 0.590. The molecule has 5 unspecified atom stereocenters. The van der Waals surface area contributed by atoms with Crippen LogP contribution < -0.4 is 0 Å². The van der Waals surface area contributed by atoms with Crippen LogP contribution in [0.2, 0.25) is 0 Å². The Morgan fingerprint density at radius 2 is 0.559 bits per heavy atom. The van der Waals surface area contributed by atoms with Crippen molar-refractivity contribution in [1.82, 2.24) is 0 Å². The Balaban J connectivity index is 5.50. The van der Waals surface area contributed by atoms with Gasteiger partial charge >= 0.3 is 39.5 Å². The van der Waals surface area contributed by atoms with E-state index in [9.17, 15) is 43.2 Å². The van der Waals surface area contributed by atoms with Gasteiger partial charge < -0.3 is 33.8 Å². The van der Waals surface area contributed by atoms with Gasteiger partial charge in [0.05, 0.1) is 39.3 Å². The van der Waals surface area contributed by atoms with Crippen molar-refractivity contribution in [3.8, 4) is 0 Å². The average Bonchev–Trinajstić information content (AvgIpc) is 0.919. The number of phosphoric acid groups is 2. The summed E-state index contributed by atoms with van der Waals surface area (Å²) < 4.78 is 68.2. The van der Waals surface area contributed by atoms with E-state index in [4.69, 9.17) is 37.0 Å². The van der Waals surface area contributed by atoms with Crippen molar-refractivity contribution in [3.63, 3.8) is 0 Å². The lowest BCUT2D eigenvalue weighted by atomic mass is 10.1. The minimum Gasteiger partial charge on any atom is -0.462 e. The van der Waals surface area contributed by atoms with Crippen LogP contribution in [-0.2, 0) is 65.4 Å². The molecule has 576 valence electrons. The Hall–Kier alpha value is -5.84. The molecule has 0 amide bonds. The van der Waals surface area contributed by atoms with E-state index in [0.717, 1.165) is 154 Å². The van der Waals surface area contributed by atoms with Gasteiger partial charge in [-0.3, -0.25) is 37.3 Å². The van der Waals surface area contributed by atoms with Crippen LogP contribution in [0.25, 0.3) is 0 Å². The molecule has 0 heterocycles. The van der Waals surface area contributed by atoms with Gasteiger partial charge in [-0.15, -0.1) is 0 Å². The number of hydrogen-bond donors (Lipinski definition) is 3. The normalized spacial score (nSPS) is 14.9. The fourth-order valence-electron chi connectivity index (χ4n) is 9.24. The Morgan fingerprint density at radius 1 is 0.294 bits per heavy atom. The van der Waals surface area contributed by atoms with Crippen LogP contribution in [0.1, 0.15) is 259 Å². The highest BCUT2D eigenvalue weighted by molar-refractivity contribution is 7.47. The molecule has 0 saturated heterocycles. The van der Waals surface area contributed by atoms with E-state index >= 15 is 0 Å². The van der Waals surface area contributed by atoms with Gasteiger partial charge in [-0.1, -0.05) is 274 Å². The van der Waals surface area contributed by atoms with Gasteiger partial charge in [-0.05, 0) is 141 Å². The minimum atomic E-state index is -5.03. The van der Waals surface area contributed by atoms with Crippen molar-refractivity contribution in [2.45, 2.75) is 277 Å². The molecule has 0 bridgehead atoms.